The molecule has 2 aromatic carbocycles. The molecule has 0 spiro atoms. The van der Waals surface area contributed by atoms with E-state index in [1.54, 1.807) is 0 Å². The molecule has 0 N–H and O–H groups in total. The molecule has 1 aliphatic rings. The first-order chi connectivity index (χ1) is 9.24. The Balaban J connectivity index is 2.18. The molecule has 0 saturated heterocycles. The molecule has 0 aliphatic carbocycles. The third kappa shape index (κ3) is 2.04. The van der Waals surface area contributed by atoms with Crippen LogP contribution in [0, 0.1) is 0 Å². The van der Waals surface area contributed by atoms with Crippen LogP contribution >= 0.6 is 0 Å². The molecule has 2 aromatic rings. The van der Waals surface area contributed by atoms with Gasteiger partial charge in [0.05, 0.1) is 10.8 Å². The molecular weight excluding hydrogens is 252 g/mol. The maximum Gasteiger partial charge on any atom is 0.0855 e. The Kier molecular flexibility index (Phi) is 3.28. The van der Waals surface area contributed by atoms with Gasteiger partial charge in [0.15, 0.2) is 0 Å². The van der Waals surface area contributed by atoms with Gasteiger partial charge in [-0.05, 0) is 53.6 Å². The van der Waals surface area contributed by atoms with Crippen LogP contribution in [0.5, 0.6) is 0 Å². The van der Waals surface area contributed by atoms with Crippen LogP contribution in [0.3, 0.4) is 0 Å². The Bertz CT molecular complexity index is 658. The Morgan fingerprint density at radius 2 is 1.63 bits per heavy atom. The Morgan fingerprint density at radius 1 is 0.947 bits per heavy atom. The quantitative estimate of drug-likeness (QED) is 0.690. The number of aryl methyl sites for hydroxylation is 2. The number of hydrogen-bond acceptors (Lipinski definition) is 1. The first-order valence-corrected chi connectivity index (χ1v) is 8.04. The molecule has 98 valence electrons. The average Bonchev–Trinajstić information content (AvgIpc) is 2.46. The monoisotopic (exact) mass is 270 g/mol. The molecule has 1 atom stereocenters. The van der Waals surface area contributed by atoms with Gasteiger partial charge in [-0.3, -0.25) is 0 Å². The molecule has 1 nitrogen and oxygen atoms in total. The molecular formula is C17H18OS. The summed E-state index contributed by atoms with van der Waals surface area (Å²) in [7, 11) is -1.01. The molecule has 0 saturated carbocycles. The van der Waals surface area contributed by atoms with E-state index in [1.165, 1.54) is 22.3 Å². The lowest BCUT2D eigenvalue weighted by atomic mass is 9.96. The minimum atomic E-state index is -1.01. The van der Waals surface area contributed by atoms with Gasteiger partial charge in [0.2, 0.25) is 0 Å². The SMILES string of the molecule is CCc1cc2c(cc1CC)S(=O)c1ccccc1C2. The van der Waals surface area contributed by atoms with Crippen molar-refractivity contribution in [1.82, 2.24) is 0 Å². The van der Waals surface area contributed by atoms with Crippen LogP contribution in [-0.2, 0) is 30.1 Å². The maximum absolute atomic E-state index is 12.7. The highest BCUT2D eigenvalue weighted by atomic mass is 32.2. The van der Waals surface area contributed by atoms with Crippen LogP contribution in [-0.4, -0.2) is 4.21 Å². The topological polar surface area (TPSA) is 17.1 Å². The Hall–Kier alpha value is -1.41. The van der Waals surface area contributed by atoms with Gasteiger partial charge in [-0.2, -0.15) is 0 Å². The number of hydrogen-bond donors (Lipinski definition) is 0. The van der Waals surface area contributed by atoms with Crippen molar-refractivity contribution >= 4 is 10.8 Å². The molecule has 1 aliphatic heterocycles. The van der Waals surface area contributed by atoms with E-state index in [2.05, 4.69) is 32.0 Å². The van der Waals surface area contributed by atoms with Gasteiger partial charge in [-0.1, -0.05) is 38.1 Å². The molecule has 0 radical (unpaired) electrons. The van der Waals surface area contributed by atoms with Gasteiger partial charge in [0.1, 0.15) is 0 Å². The third-order valence-corrected chi connectivity index (χ3v) is 5.47. The van der Waals surface area contributed by atoms with E-state index in [-0.39, 0.29) is 0 Å². The zero-order valence-electron chi connectivity index (χ0n) is 11.4. The smallest absolute Gasteiger partial charge is 0.0855 e. The summed E-state index contributed by atoms with van der Waals surface area (Å²) in [6.07, 6.45) is 2.97. The standard InChI is InChI=1S/C17H18OS/c1-3-12-9-15-10-14-7-5-6-8-16(14)19(18)17(15)11-13(12)4-2/h5-9,11H,3-4,10H2,1-2H3. The van der Waals surface area contributed by atoms with Crippen molar-refractivity contribution in [2.75, 3.05) is 0 Å². The van der Waals surface area contributed by atoms with E-state index in [4.69, 9.17) is 0 Å². The van der Waals surface area contributed by atoms with Gasteiger partial charge >= 0.3 is 0 Å². The van der Waals surface area contributed by atoms with E-state index in [0.717, 1.165) is 29.1 Å². The summed E-state index contributed by atoms with van der Waals surface area (Å²) < 4.78 is 12.7. The zero-order chi connectivity index (χ0) is 13.4. The normalized spacial score (nSPS) is 16.8. The number of rotatable bonds is 2. The largest absolute Gasteiger partial charge is 0.249 e. The van der Waals surface area contributed by atoms with E-state index in [1.807, 2.05) is 18.2 Å². The lowest BCUT2D eigenvalue weighted by molar-refractivity contribution is 0.679. The highest BCUT2D eigenvalue weighted by molar-refractivity contribution is 7.85. The van der Waals surface area contributed by atoms with E-state index in [9.17, 15) is 4.21 Å². The fourth-order valence-electron chi connectivity index (χ4n) is 2.84. The number of benzene rings is 2. The second kappa shape index (κ2) is 4.93. The zero-order valence-corrected chi connectivity index (χ0v) is 12.2. The Morgan fingerprint density at radius 3 is 2.37 bits per heavy atom. The van der Waals surface area contributed by atoms with Gasteiger partial charge in [-0.25, -0.2) is 4.21 Å². The molecule has 1 unspecified atom stereocenters. The van der Waals surface area contributed by atoms with E-state index < -0.39 is 10.8 Å². The van der Waals surface area contributed by atoms with Gasteiger partial charge < -0.3 is 0 Å². The van der Waals surface area contributed by atoms with Crippen molar-refractivity contribution in [2.24, 2.45) is 0 Å². The van der Waals surface area contributed by atoms with Crippen LogP contribution in [0.4, 0.5) is 0 Å². The predicted molar refractivity (Wildman–Crippen MR) is 79.1 cm³/mol. The highest BCUT2D eigenvalue weighted by Crippen LogP contribution is 2.33. The first-order valence-electron chi connectivity index (χ1n) is 6.89. The summed E-state index contributed by atoms with van der Waals surface area (Å²) in [5, 5.41) is 0. The molecule has 2 heteroatoms. The van der Waals surface area contributed by atoms with Crippen LogP contribution in [0.15, 0.2) is 46.2 Å². The van der Waals surface area contributed by atoms with E-state index in [0.29, 0.717) is 0 Å². The van der Waals surface area contributed by atoms with E-state index >= 15 is 0 Å². The second-order valence-corrected chi connectivity index (χ2v) is 6.41. The van der Waals surface area contributed by atoms with Crippen molar-refractivity contribution in [2.45, 2.75) is 42.9 Å². The van der Waals surface area contributed by atoms with Gasteiger partial charge in [0.25, 0.3) is 0 Å². The molecule has 0 bridgehead atoms. The minimum Gasteiger partial charge on any atom is -0.249 e. The van der Waals surface area contributed by atoms with Crippen molar-refractivity contribution in [3.63, 3.8) is 0 Å². The fourth-order valence-corrected chi connectivity index (χ4v) is 4.28. The van der Waals surface area contributed by atoms with Crippen LogP contribution in [0.25, 0.3) is 0 Å². The predicted octanol–water partition coefficient (Wildman–Crippen LogP) is 3.88. The van der Waals surface area contributed by atoms with Crippen molar-refractivity contribution in [3.8, 4) is 0 Å². The molecule has 0 amide bonds. The minimum absolute atomic E-state index is 0.911. The molecule has 19 heavy (non-hydrogen) atoms. The summed E-state index contributed by atoms with van der Waals surface area (Å²) in [4.78, 5) is 2.01. The second-order valence-electron chi connectivity index (χ2n) is 4.99. The molecule has 3 rings (SSSR count). The molecule has 0 aromatic heterocycles. The summed E-state index contributed by atoms with van der Waals surface area (Å²) in [5.41, 5.74) is 5.19. The first kappa shape index (κ1) is 12.6. The van der Waals surface area contributed by atoms with Gasteiger partial charge in [-0.15, -0.1) is 0 Å². The highest BCUT2D eigenvalue weighted by Gasteiger charge is 2.22. The average molecular weight is 270 g/mol. The lowest BCUT2D eigenvalue weighted by Gasteiger charge is -2.21. The third-order valence-electron chi connectivity index (χ3n) is 3.90. The Labute approximate surface area is 117 Å². The van der Waals surface area contributed by atoms with Crippen molar-refractivity contribution in [1.29, 1.82) is 0 Å². The van der Waals surface area contributed by atoms with Crippen molar-refractivity contribution in [3.05, 3.63) is 58.7 Å². The molecule has 0 fully saturated rings. The van der Waals surface area contributed by atoms with Gasteiger partial charge in [0, 0.05) is 9.79 Å². The fraction of sp³-hybridized carbons (Fsp3) is 0.294. The maximum atomic E-state index is 12.7. The number of fused-ring (bicyclic) bond motifs is 2. The van der Waals surface area contributed by atoms with Crippen LogP contribution < -0.4 is 0 Å². The van der Waals surface area contributed by atoms with Crippen LogP contribution in [0.1, 0.15) is 36.1 Å². The van der Waals surface area contributed by atoms with Crippen LogP contribution in [0.2, 0.25) is 0 Å². The lowest BCUT2D eigenvalue weighted by Crippen LogP contribution is -2.11. The summed E-state index contributed by atoms with van der Waals surface area (Å²) >= 11 is 0. The van der Waals surface area contributed by atoms with Crippen molar-refractivity contribution < 1.29 is 4.21 Å². The summed E-state index contributed by atoms with van der Waals surface area (Å²) in [6, 6.07) is 12.5. The summed E-state index contributed by atoms with van der Waals surface area (Å²) in [6.45, 7) is 4.36. The summed E-state index contributed by atoms with van der Waals surface area (Å²) in [5.74, 6) is 0. The molecule has 1 heterocycles.